The first-order valence-corrected chi connectivity index (χ1v) is 9.08. The summed E-state index contributed by atoms with van der Waals surface area (Å²) in [7, 11) is 1.60. The third-order valence-electron chi connectivity index (χ3n) is 4.66. The van der Waals surface area contributed by atoms with Crippen LogP contribution in [0.1, 0.15) is 22.8 Å². The van der Waals surface area contributed by atoms with Gasteiger partial charge in [0.05, 0.1) is 19.3 Å². The Morgan fingerprint density at radius 2 is 1.62 bits per heavy atom. The van der Waals surface area contributed by atoms with Gasteiger partial charge in [-0.05, 0) is 25.1 Å². The van der Waals surface area contributed by atoms with Gasteiger partial charge in [-0.2, -0.15) is 0 Å². The Bertz CT molecular complexity index is 740. The maximum atomic E-state index is 12.8. The van der Waals surface area contributed by atoms with E-state index in [2.05, 4.69) is 11.0 Å². The molecule has 1 aliphatic rings. The van der Waals surface area contributed by atoms with Gasteiger partial charge < -0.3 is 14.4 Å². The van der Waals surface area contributed by atoms with Crippen molar-refractivity contribution in [3.05, 3.63) is 59.7 Å². The van der Waals surface area contributed by atoms with Crippen molar-refractivity contribution in [2.75, 3.05) is 39.9 Å². The van der Waals surface area contributed by atoms with Gasteiger partial charge in [-0.3, -0.25) is 9.69 Å². The molecule has 0 spiro atoms. The van der Waals surface area contributed by atoms with Gasteiger partial charge in [-0.25, -0.2) is 0 Å². The van der Waals surface area contributed by atoms with Crippen LogP contribution in [0.3, 0.4) is 0 Å². The molecule has 0 atom stereocenters. The van der Waals surface area contributed by atoms with Gasteiger partial charge in [0.2, 0.25) is 0 Å². The minimum absolute atomic E-state index is 0.0387. The second-order valence-electron chi connectivity index (χ2n) is 6.31. The average Bonchev–Trinajstić information content (AvgIpc) is 2.69. The first-order valence-electron chi connectivity index (χ1n) is 9.08. The Morgan fingerprint density at radius 1 is 0.962 bits per heavy atom. The van der Waals surface area contributed by atoms with Crippen LogP contribution in [0.25, 0.3) is 0 Å². The largest absolute Gasteiger partial charge is 0.496 e. The zero-order valence-electron chi connectivity index (χ0n) is 15.5. The van der Waals surface area contributed by atoms with Crippen LogP contribution in [0.4, 0.5) is 0 Å². The lowest BCUT2D eigenvalue weighted by molar-refractivity contribution is 0.0624. The summed E-state index contributed by atoms with van der Waals surface area (Å²) in [6.45, 7) is 6.63. The molecular weight excluding hydrogens is 328 g/mol. The first-order chi connectivity index (χ1) is 12.7. The molecule has 1 fully saturated rings. The smallest absolute Gasteiger partial charge is 0.257 e. The molecule has 1 heterocycles. The number of rotatable bonds is 6. The fraction of sp³-hybridized carbons (Fsp3) is 0.381. The van der Waals surface area contributed by atoms with Crippen LogP contribution >= 0.6 is 0 Å². The average molecular weight is 354 g/mol. The van der Waals surface area contributed by atoms with Gasteiger partial charge in [-0.1, -0.05) is 30.3 Å². The van der Waals surface area contributed by atoms with Crippen molar-refractivity contribution < 1.29 is 14.3 Å². The Balaban J connectivity index is 1.60. The molecule has 138 valence electrons. The number of carbonyl (C=O) groups excluding carboxylic acids is 1. The zero-order chi connectivity index (χ0) is 18.4. The highest BCUT2D eigenvalue weighted by molar-refractivity contribution is 5.97. The van der Waals surface area contributed by atoms with E-state index in [1.54, 1.807) is 7.11 Å². The molecule has 0 aromatic heterocycles. The molecule has 0 saturated carbocycles. The number of hydrogen-bond donors (Lipinski definition) is 0. The van der Waals surface area contributed by atoms with Crippen molar-refractivity contribution in [2.45, 2.75) is 13.5 Å². The van der Waals surface area contributed by atoms with E-state index in [9.17, 15) is 4.79 Å². The second-order valence-corrected chi connectivity index (χ2v) is 6.31. The number of para-hydroxylation sites is 2. The normalized spacial score (nSPS) is 14.9. The standard InChI is InChI=1S/C21H26N2O3/c1-3-26-19-10-6-4-8-17(19)16-22-12-14-23(15-13-22)21(24)18-9-5-7-11-20(18)25-2/h4-11H,3,12-16H2,1-2H3. The maximum Gasteiger partial charge on any atom is 0.257 e. The Morgan fingerprint density at radius 3 is 2.31 bits per heavy atom. The highest BCUT2D eigenvalue weighted by Gasteiger charge is 2.24. The van der Waals surface area contributed by atoms with E-state index in [0.717, 1.165) is 25.4 Å². The van der Waals surface area contributed by atoms with Crippen molar-refractivity contribution in [1.82, 2.24) is 9.80 Å². The van der Waals surface area contributed by atoms with E-state index in [0.29, 0.717) is 31.0 Å². The van der Waals surface area contributed by atoms with E-state index in [1.807, 2.05) is 54.3 Å². The Hall–Kier alpha value is -2.53. The highest BCUT2D eigenvalue weighted by Crippen LogP contribution is 2.22. The SMILES string of the molecule is CCOc1ccccc1CN1CCN(C(=O)c2ccccc2OC)CC1. The topological polar surface area (TPSA) is 42.0 Å². The van der Waals surface area contributed by atoms with E-state index in [1.165, 1.54) is 5.56 Å². The summed E-state index contributed by atoms with van der Waals surface area (Å²) in [5, 5.41) is 0. The zero-order valence-corrected chi connectivity index (χ0v) is 15.5. The Kier molecular flexibility index (Phi) is 6.12. The molecule has 1 saturated heterocycles. The minimum atomic E-state index is 0.0387. The summed E-state index contributed by atoms with van der Waals surface area (Å²) in [6.07, 6.45) is 0. The fourth-order valence-corrected chi connectivity index (χ4v) is 3.27. The van der Waals surface area contributed by atoms with Crippen molar-refractivity contribution in [3.63, 3.8) is 0 Å². The third kappa shape index (κ3) is 4.17. The number of ether oxygens (including phenoxy) is 2. The fourth-order valence-electron chi connectivity index (χ4n) is 3.27. The molecule has 26 heavy (non-hydrogen) atoms. The second kappa shape index (κ2) is 8.72. The summed E-state index contributed by atoms with van der Waals surface area (Å²) < 4.78 is 11.0. The van der Waals surface area contributed by atoms with Crippen molar-refractivity contribution in [3.8, 4) is 11.5 Å². The van der Waals surface area contributed by atoms with Gasteiger partial charge in [0.25, 0.3) is 5.91 Å². The van der Waals surface area contributed by atoms with Crippen molar-refractivity contribution in [2.24, 2.45) is 0 Å². The van der Waals surface area contributed by atoms with E-state index < -0.39 is 0 Å². The molecule has 0 bridgehead atoms. The van der Waals surface area contributed by atoms with Crippen LogP contribution in [0.2, 0.25) is 0 Å². The van der Waals surface area contributed by atoms with Crippen LogP contribution < -0.4 is 9.47 Å². The molecule has 1 amide bonds. The van der Waals surface area contributed by atoms with Gasteiger partial charge in [-0.15, -0.1) is 0 Å². The number of nitrogens with zero attached hydrogens (tertiary/aromatic N) is 2. The molecule has 2 aromatic rings. The molecule has 0 unspecified atom stereocenters. The number of piperazine rings is 1. The van der Waals surface area contributed by atoms with Crippen molar-refractivity contribution in [1.29, 1.82) is 0 Å². The van der Waals surface area contributed by atoms with Crippen LogP contribution in [0.5, 0.6) is 11.5 Å². The minimum Gasteiger partial charge on any atom is -0.496 e. The number of methoxy groups -OCH3 is 1. The van der Waals surface area contributed by atoms with Crippen LogP contribution in [-0.4, -0.2) is 55.6 Å². The molecular formula is C21H26N2O3. The van der Waals surface area contributed by atoms with Crippen LogP contribution in [0, 0.1) is 0 Å². The molecule has 0 aliphatic carbocycles. The molecule has 1 aliphatic heterocycles. The van der Waals surface area contributed by atoms with Crippen LogP contribution in [0.15, 0.2) is 48.5 Å². The summed E-state index contributed by atoms with van der Waals surface area (Å²) >= 11 is 0. The predicted molar refractivity (Wildman–Crippen MR) is 102 cm³/mol. The van der Waals surface area contributed by atoms with Gasteiger partial charge in [0.1, 0.15) is 11.5 Å². The lowest BCUT2D eigenvalue weighted by Gasteiger charge is -2.35. The van der Waals surface area contributed by atoms with Gasteiger partial charge >= 0.3 is 0 Å². The lowest BCUT2D eigenvalue weighted by atomic mass is 10.1. The molecule has 3 rings (SSSR count). The van der Waals surface area contributed by atoms with Crippen molar-refractivity contribution >= 4 is 5.91 Å². The molecule has 0 N–H and O–H groups in total. The molecule has 5 nitrogen and oxygen atoms in total. The number of benzene rings is 2. The monoisotopic (exact) mass is 354 g/mol. The van der Waals surface area contributed by atoms with E-state index >= 15 is 0 Å². The van der Waals surface area contributed by atoms with Gasteiger partial charge in [0.15, 0.2) is 0 Å². The Labute approximate surface area is 155 Å². The summed E-state index contributed by atoms with van der Waals surface area (Å²) in [5.74, 6) is 1.62. The summed E-state index contributed by atoms with van der Waals surface area (Å²) in [4.78, 5) is 17.1. The molecule has 2 aromatic carbocycles. The predicted octanol–water partition coefficient (Wildman–Crippen LogP) is 3.05. The van der Waals surface area contributed by atoms with Crippen LogP contribution in [-0.2, 0) is 6.54 Å². The first kappa shape index (κ1) is 18.3. The molecule has 5 heteroatoms. The van der Waals surface area contributed by atoms with E-state index in [-0.39, 0.29) is 5.91 Å². The lowest BCUT2D eigenvalue weighted by Crippen LogP contribution is -2.48. The summed E-state index contributed by atoms with van der Waals surface area (Å²) in [5.41, 5.74) is 1.82. The van der Waals surface area contributed by atoms with Gasteiger partial charge in [0, 0.05) is 38.3 Å². The summed E-state index contributed by atoms with van der Waals surface area (Å²) in [6, 6.07) is 15.6. The third-order valence-corrected chi connectivity index (χ3v) is 4.66. The maximum absolute atomic E-state index is 12.8. The quantitative estimate of drug-likeness (QED) is 0.800. The highest BCUT2D eigenvalue weighted by atomic mass is 16.5. The molecule has 0 radical (unpaired) electrons. The number of carbonyl (C=O) groups is 1. The van der Waals surface area contributed by atoms with E-state index in [4.69, 9.17) is 9.47 Å². The number of amides is 1. The number of hydrogen-bond acceptors (Lipinski definition) is 4.